The van der Waals surface area contributed by atoms with Crippen molar-refractivity contribution >= 4 is 23.9 Å². The summed E-state index contributed by atoms with van der Waals surface area (Å²) in [4.78, 5) is 48.8. The molecule has 1 aliphatic heterocycles. The maximum Gasteiger partial charge on any atom is 0.333 e. The van der Waals surface area contributed by atoms with Crippen molar-refractivity contribution < 1.29 is 38.5 Å². The van der Waals surface area contributed by atoms with E-state index in [4.69, 9.17) is 19.3 Å². The van der Waals surface area contributed by atoms with Crippen LogP contribution in [0.1, 0.15) is 52.9 Å². The van der Waals surface area contributed by atoms with Crippen LogP contribution in [0.15, 0.2) is 35.5 Å². The van der Waals surface area contributed by atoms with Crippen LogP contribution in [0, 0.1) is 11.3 Å². The van der Waals surface area contributed by atoms with E-state index in [-0.39, 0.29) is 17.9 Å². The van der Waals surface area contributed by atoms with Crippen LogP contribution in [0.2, 0.25) is 0 Å². The number of esters is 3. The lowest BCUT2D eigenvalue weighted by Crippen LogP contribution is -2.65. The van der Waals surface area contributed by atoms with Gasteiger partial charge in [-0.25, -0.2) is 9.59 Å². The molecule has 0 amide bonds. The van der Waals surface area contributed by atoms with Crippen molar-refractivity contribution in [3.63, 3.8) is 0 Å². The number of methoxy groups -OCH3 is 1. The molecule has 8 nitrogen and oxygen atoms in total. The van der Waals surface area contributed by atoms with E-state index in [0.29, 0.717) is 31.3 Å². The Kier molecular flexibility index (Phi) is 5.86. The molecule has 0 aromatic heterocycles. The van der Waals surface area contributed by atoms with Crippen LogP contribution < -0.4 is 0 Å². The smallest absolute Gasteiger partial charge is 0.333 e. The van der Waals surface area contributed by atoms with Gasteiger partial charge in [0.1, 0.15) is 16.6 Å². The molecule has 2 bridgehead atoms. The van der Waals surface area contributed by atoms with Gasteiger partial charge < -0.3 is 19.3 Å². The number of carbonyl (C=O) groups excluding carboxylic acids is 3. The van der Waals surface area contributed by atoms with E-state index in [9.17, 15) is 19.2 Å². The minimum atomic E-state index is -1.13. The molecular formula is C23H28O8. The average molecular weight is 432 g/mol. The van der Waals surface area contributed by atoms with Crippen LogP contribution in [-0.2, 0) is 33.4 Å². The standard InChI is InChI=1S/C23H28O8/c1-14(18(25)26)6-5-10-21(3)17-9-12-22(20(28)31-21)11-7-16(19(27)29-4)8-13-23(17,22)30-15(2)24/h5-7,10,17H,8-9,11-13H2,1-4H3,(H,25,26)/b10-5+,14-6+/t17?,21-,22-,23+/m1/s1. The highest BCUT2D eigenvalue weighted by atomic mass is 16.6. The number of aliphatic carboxylic acids is 1. The fourth-order valence-electron chi connectivity index (χ4n) is 5.45. The molecule has 3 aliphatic rings. The van der Waals surface area contributed by atoms with Crippen molar-refractivity contribution in [2.24, 2.45) is 11.3 Å². The summed E-state index contributed by atoms with van der Waals surface area (Å²) in [6.45, 7) is 4.53. The lowest BCUT2D eigenvalue weighted by atomic mass is 9.62. The lowest BCUT2D eigenvalue weighted by molar-refractivity contribution is -0.235. The molecule has 0 spiro atoms. The first-order valence-electron chi connectivity index (χ1n) is 10.3. The van der Waals surface area contributed by atoms with Gasteiger partial charge in [-0.05, 0) is 52.0 Å². The second-order valence-electron chi connectivity index (χ2n) is 8.67. The van der Waals surface area contributed by atoms with Gasteiger partial charge in [0.05, 0.1) is 7.11 Å². The van der Waals surface area contributed by atoms with Crippen LogP contribution in [0.3, 0.4) is 0 Å². The molecule has 0 radical (unpaired) electrons. The van der Waals surface area contributed by atoms with E-state index in [0.717, 1.165) is 0 Å². The Morgan fingerprint density at radius 1 is 1.26 bits per heavy atom. The van der Waals surface area contributed by atoms with E-state index in [1.807, 2.05) is 0 Å². The van der Waals surface area contributed by atoms with E-state index in [1.165, 1.54) is 27.0 Å². The van der Waals surface area contributed by atoms with Gasteiger partial charge in [0.15, 0.2) is 0 Å². The van der Waals surface area contributed by atoms with Gasteiger partial charge in [-0.2, -0.15) is 0 Å². The molecule has 2 aliphatic carbocycles. The molecule has 3 rings (SSSR count). The number of rotatable bonds is 5. The second kappa shape index (κ2) is 7.98. The zero-order chi connectivity index (χ0) is 23.0. The zero-order valence-electron chi connectivity index (χ0n) is 18.2. The Morgan fingerprint density at radius 2 is 1.97 bits per heavy atom. The number of hydrogen-bond acceptors (Lipinski definition) is 7. The van der Waals surface area contributed by atoms with E-state index < -0.39 is 40.5 Å². The minimum absolute atomic E-state index is 0.138. The first-order valence-corrected chi connectivity index (χ1v) is 10.3. The van der Waals surface area contributed by atoms with Crippen LogP contribution in [-0.4, -0.2) is 47.3 Å². The highest BCUT2D eigenvalue weighted by molar-refractivity contribution is 5.89. The Bertz CT molecular complexity index is 913. The summed E-state index contributed by atoms with van der Waals surface area (Å²) in [5.41, 5.74) is -2.71. The quantitative estimate of drug-likeness (QED) is 0.305. The molecule has 1 saturated heterocycles. The predicted octanol–water partition coefficient (Wildman–Crippen LogP) is 2.87. The Labute approximate surface area is 180 Å². The molecule has 1 saturated carbocycles. The van der Waals surface area contributed by atoms with E-state index in [2.05, 4.69) is 0 Å². The van der Waals surface area contributed by atoms with Crippen molar-refractivity contribution in [2.45, 2.75) is 64.1 Å². The van der Waals surface area contributed by atoms with Crippen molar-refractivity contribution in [1.29, 1.82) is 0 Å². The van der Waals surface area contributed by atoms with Crippen molar-refractivity contribution in [1.82, 2.24) is 0 Å². The number of carboxylic acids is 1. The number of cyclic esters (lactones) is 1. The Morgan fingerprint density at radius 3 is 2.58 bits per heavy atom. The normalized spacial score (nSPS) is 35.0. The largest absolute Gasteiger partial charge is 0.478 e. The third kappa shape index (κ3) is 3.58. The average Bonchev–Trinajstić information content (AvgIpc) is 2.84. The topological polar surface area (TPSA) is 116 Å². The van der Waals surface area contributed by atoms with E-state index in [1.54, 1.807) is 25.2 Å². The predicted molar refractivity (Wildman–Crippen MR) is 109 cm³/mol. The fraction of sp³-hybridized carbons (Fsp3) is 0.565. The summed E-state index contributed by atoms with van der Waals surface area (Å²) < 4.78 is 16.7. The number of carboxylic acid groups (broad SMARTS) is 1. The lowest BCUT2D eigenvalue weighted by Gasteiger charge is -2.54. The first-order chi connectivity index (χ1) is 14.5. The number of ether oxygens (including phenoxy) is 3. The second-order valence-corrected chi connectivity index (χ2v) is 8.67. The molecule has 4 atom stereocenters. The third-order valence-electron chi connectivity index (χ3n) is 6.97. The summed E-state index contributed by atoms with van der Waals surface area (Å²) in [7, 11) is 1.30. The molecule has 0 aromatic rings. The molecule has 31 heavy (non-hydrogen) atoms. The highest BCUT2D eigenvalue weighted by Crippen LogP contribution is 2.65. The molecule has 1 unspecified atom stereocenters. The Balaban J connectivity index is 2.07. The first kappa shape index (κ1) is 22.8. The summed E-state index contributed by atoms with van der Waals surface area (Å²) in [5.74, 6) is -2.83. The molecular weight excluding hydrogens is 404 g/mol. The molecule has 1 N–H and O–H groups in total. The monoisotopic (exact) mass is 432 g/mol. The third-order valence-corrected chi connectivity index (χ3v) is 6.97. The number of carbonyl (C=O) groups is 4. The van der Waals surface area contributed by atoms with Gasteiger partial charge in [0.2, 0.25) is 0 Å². The van der Waals surface area contributed by atoms with Gasteiger partial charge in [0, 0.05) is 24.0 Å². The van der Waals surface area contributed by atoms with Crippen LogP contribution in [0.5, 0.6) is 0 Å². The number of allylic oxidation sites excluding steroid dienone is 3. The Hall–Kier alpha value is -2.90. The summed E-state index contributed by atoms with van der Waals surface area (Å²) >= 11 is 0. The van der Waals surface area contributed by atoms with Crippen LogP contribution in [0.4, 0.5) is 0 Å². The molecule has 1 heterocycles. The fourth-order valence-corrected chi connectivity index (χ4v) is 5.45. The maximum atomic E-state index is 13.4. The summed E-state index contributed by atoms with van der Waals surface area (Å²) in [6, 6.07) is 0. The van der Waals surface area contributed by atoms with Gasteiger partial charge in [0.25, 0.3) is 0 Å². The molecule has 8 heteroatoms. The maximum absolute atomic E-state index is 13.4. The van der Waals surface area contributed by atoms with Gasteiger partial charge >= 0.3 is 23.9 Å². The SMILES string of the molecule is COC(=O)C1=CC[C@@]23CCC([C@@](C)(/C=C/C=C(\C)C(=O)O)OC2=O)[C@@]3(OC(C)=O)CC1. The van der Waals surface area contributed by atoms with E-state index >= 15 is 0 Å². The van der Waals surface area contributed by atoms with Gasteiger partial charge in [-0.3, -0.25) is 9.59 Å². The van der Waals surface area contributed by atoms with Crippen LogP contribution >= 0.6 is 0 Å². The molecule has 168 valence electrons. The van der Waals surface area contributed by atoms with Crippen molar-refractivity contribution in [3.8, 4) is 0 Å². The molecule has 0 aromatic carbocycles. The summed E-state index contributed by atoms with van der Waals surface area (Å²) in [6.07, 6.45) is 8.21. The summed E-state index contributed by atoms with van der Waals surface area (Å²) in [5, 5.41) is 9.06. The van der Waals surface area contributed by atoms with Crippen molar-refractivity contribution in [3.05, 3.63) is 35.5 Å². The molecule has 2 fully saturated rings. The van der Waals surface area contributed by atoms with Gasteiger partial charge in [-0.1, -0.05) is 18.2 Å². The van der Waals surface area contributed by atoms with Crippen molar-refractivity contribution in [2.75, 3.05) is 7.11 Å². The van der Waals surface area contributed by atoms with Crippen LogP contribution in [0.25, 0.3) is 0 Å². The highest BCUT2D eigenvalue weighted by Gasteiger charge is 2.74. The number of hydrogen-bond donors (Lipinski definition) is 1. The van der Waals surface area contributed by atoms with Gasteiger partial charge in [-0.15, -0.1) is 0 Å². The minimum Gasteiger partial charge on any atom is -0.478 e. The zero-order valence-corrected chi connectivity index (χ0v) is 18.2.